The molecular weight excluding hydrogens is 291 g/mol. The van der Waals surface area contributed by atoms with Gasteiger partial charge in [0.05, 0.1) is 10.0 Å². The number of benzene rings is 1. The van der Waals surface area contributed by atoms with Crippen LogP contribution in [-0.4, -0.2) is 24.2 Å². The van der Waals surface area contributed by atoms with Crippen LogP contribution in [0.5, 0.6) is 0 Å². The molecule has 0 spiro atoms. The number of aliphatic carboxylic acids is 1. The lowest BCUT2D eigenvalue weighted by molar-refractivity contribution is -0.144. The zero-order chi connectivity index (χ0) is 14.5. The predicted octanol–water partition coefficient (Wildman–Crippen LogP) is 3.19. The Labute approximate surface area is 120 Å². The molecule has 1 atom stereocenters. The Kier molecular flexibility index (Phi) is 5.44. The van der Waals surface area contributed by atoms with Gasteiger partial charge < -0.3 is 5.11 Å². The van der Waals surface area contributed by atoms with Gasteiger partial charge in [-0.2, -0.15) is 0 Å². The second kappa shape index (κ2) is 6.63. The van der Waals surface area contributed by atoms with Gasteiger partial charge in [0, 0.05) is 18.0 Å². The van der Waals surface area contributed by atoms with Crippen LogP contribution in [-0.2, 0) is 10.3 Å². The summed E-state index contributed by atoms with van der Waals surface area (Å²) in [6, 6.07) is 4.62. The molecule has 1 aromatic carbocycles. The monoisotopic (exact) mass is 302 g/mol. The molecule has 0 fully saturated rings. The van der Waals surface area contributed by atoms with Crippen LogP contribution < -0.4 is 5.32 Å². The summed E-state index contributed by atoms with van der Waals surface area (Å²) in [5.74, 6) is -1.06. The highest BCUT2D eigenvalue weighted by Gasteiger charge is 2.34. The first-order chi connectivity index (χ1) is 8.91. The highest BCUT2D eigenvalue weighted by molar-refractivity contribution is 6.42. The molecule has 1 unspecified atom stereocenters. The molecule has 0 heterocycles. The lowest BCUT2D eigenvalue weighted by atomic mass is 9.92. The van der Waals surface area contributed by atoms with Crippen molar-refractivity contribution < 1.29 is 9.90 Å². The number of carboxylic acids is 1. The molecule has 0 saturated carbocycles. The van der Waals surface area contributed by atoms with Gasteiger partial charge in [0.25, 0.3) is 0 Å². The summed E-state index contributed by atoms with van der Waals surface area (Å²) in [7, 11) is 0. The molecule has 6 nitrogen and oxygen atoms in total. The number of halogens is 2. The van der Waals surface area contributed by atoms with E-state index in [0.29, 0.717) is 10.6 Å². The fourth-order valence-corrected chi connectivity index (χ4v) is 1.81. The second-order valence-electron chi connectivity index (χ2n) is 3.94. The summed E-state index contributed by atoms with van der Waals surface area (Å²) in [6.07, 6.45) is 0. The molecule has 0 saturated heterocycles. The maximum absolute atomic E-state index is 11.4. The topological polar surface area (TPSA) is 98.1 Å². The van der Waals surface area contributed by atoms with E-state index in [1.54, 1.807) is 6.07 Å². The standard InChI is InChI=1S/C11H12Cl2N4O2/c1-11(10(18)19,15-4-5-16-17-14)7-2-3-8(12)9(13)6-7/h2-3,6,15H,4-5H2,1H3,(H,18,19). The molecule has 0 radical (unpaired) electrons. The number of carbonyl (C=O) groups is 1. The number of rotatable bonds is 6. The second-order valence-corrected chi connectivity index (χ2v) is 4.75. The SMILES string of the molecule is CC(NCCN=[N+]=[N-])(C(=O)O)c1ccc(Cl)c(Cl)c1. The third kappa shape index (κ3) is 3.75. The van der Waals surface area contributed by atoms with Crippen molar-refractivity contribution in [2.75, 3.05) is 13.1 Å². The molecule has 19 heavy (non-hydrogen) atoms. The van der Waals surface area contributed by atoms with Gasteiger partial charge in [0.1, 0.15) is 5.54 Å². The largest absolute Gasteiger partial charge is 0.480 e. The van der Waals surface area contributed by atoms with Gasteiger partial charge in [0.15, 0.2) is 0 Å². The van der Waals surface area contributed by atoms with Gasteiger partial charge in [-0.05, 0) is 30.2 Å². The van der Waals surface area contributed by atoms with Gasteiger partial charge in [-0.25, -0.2) is 4.79 Å². The van der Waals surface area contributed by atoms with E-state index >= 15 is 0 Å². The zero-order valence-electron chi connectivity index (χ0n) is 10.1. The highest BCUT2D eigenvalue weighted by atomic mass is 35.5. The lowest BCUT2D eigenvalue weighted by Crippen LogP contribution is -2.47. The van der Waals surface area contributed by atoms with Crippen molar-refractivity contribution in [2.24, 2.45) is 5.11 Å². The zero-order valence-corrected chi connectivity index (χ0v) is 11.6. The van der Waals surface area contributed by atoms with E-state index in [1.165, 1.54) is 19.1 Å². The van der Waals surface area contributed by atoms with Gasteiger partial charge in [0.2, 0.25) is 0 Å². The van der Waals surface area contributed by atoms with E-state index in [1.807, 2.05) is 0 Å². The number of nitrogens with one attached hydrogen (secondary N) is 1. The smallest absolute Gasteiger partial charge is 0.328 e. The van der Waals surface area contributed by atoms with Crippen LogP contribution in [0.4, 0.5) is 0 Å². The molecule has 0 aliphatic heterocycles. The van der Waals surface area contributed by atoms with E-state index in [9.17, 15) is 9.90 Å². The summed E-state index contributed by atoms with van der Waals surface area (Å²) in [5.41, 5.74) is 7.30. The molecule has 2 N–H and O–H groups in total. The fraction of sp³-hybridized carbons (Fsp3) is 0.364. The summed E-state index contributed by atoms with van der Waals surface area (Å²) in [6.45, 7) is 1.89. The fourth-order valence-electron chi connectivity index (χ4n) is 1.51. The quantitative estimate of drug-likeness (QED) is 0.365. The normalized spacial score (nSPS) is 13.4. The Morgan fingerprint density at radius 2 is 2.21 bits per heavy atom. The van der Waals surface area contributed by atoms with Crippen molar-refractivity contribution in [1.82, 2.24) is 5.32 Å². The molecule has 102 valence electrons. The molecule has 0 bridgehead atoms. The Bertz CT molecular complexity index is 531. The summed E-state index contributed by atoms with van der Waals surface area (Å²) < 4.78 is 0. The van der Waals surface area contributed by atoms with Crippen molar-refractivity contribution in [2.45, 2.75) is 12.5 Å². The molecule has 0 aliphatic carbocycles. The average Bonchev–Trinajstić information content (AvgIpc) is 2.37. The number of carboxylic acid groups (broad SMARTS) is 1. The van der Waals surface area contributed by atoms with E-state index in [4.69, 9.17) is 28.7 Å². The summed E-state index contributed by atoms with van der Waals surface area (Å²) in [4.78, 5) is 14.0. The molecule has 0 aliphatic rings. The minimum Gasteiger partial charge on any atom is -0.480 e. The first kappa shape index (κ1) is 15.6. The van der Waals surface area contributed by atoms with Crippen LogP contribution in [0.1, 0.15) is 12.5 Å². The van der Waals surface area contributed by atoms with Crippen LogP contribution >= 0.6 is 23.2 Å². The van der Waals surface area contributed by atoms with Crippen molar-refractivity contribution in [1.29, 1.82) is 0 Å². The van der Waals surface area contributed by atoms with Crippen molar-refractivity contribution >= 4 is 29.2 Å². The molecule has 0 aromatic heterocycles. The van der Waals surface area contributed by atoms with Crippen LogP contribution in [0, 0.1) is 0 Å². The number of azide groups is 1. The van der Waals surface area contributed by atoms with Crippen molar-refractivity contribution in [3.8, 4) is 0 Å². The molecule has 1 aromatic rings. The first-order valence-corrected chi connectivity index (χ1v) is 6.12. The molecular formula is C11H12Cl2N4O2. The molecule has 8 heteroatoms. The van der Waals surface area contributed by atoms with Gasteiger partial charge in [-0.15, -0.1) is 0 Å². The van der Waals surface area contributed by atoms with Crippen LogP contribution in [0.15, 0.2) is 23.3 Å². The van der Waals surface area contributed by atoms with E-state index in [0.717, 1.165) is 0 Å². The third-order valence-corrected chi connectivity index (χ3v) is 3.42. The Morgan fingerprint density at radius 3 is 2.74 bits per heavy atom. The van der Waals surface area contributed by atoms with Crippen molar-refractivity contribution in [3.63, 3.8) is 0 Å². The van der Waals surface area contributed by atoms with E-state index in [-0.39, 0.29) is 18.1 Å². The number of hydrogen-bond donors (Lipinski definition) is 2. The average molecular weight is 303 g/mol. The first-order valence-electron chi connectivity index (χ1n) is 5.36. The Balaban J connectivity index is 3.00. The van der Waals surface area contributed by atoms with Gasteiger partial charge in [-0.1, -0.05) is 34.4 Å². The van der Waals surface area contributed by atoms with Crippen molar-refractivity contribution in [3.05, 3.63) is 44.3 Å². The minimum atomic E-state index is -1.33. The third-order valence-electron chi connectivity index (χ3n) is 2.68. The molecule has 0 amide bonds. The summed E-state index contributed by atoms with van der Waals surface area (Å²) >= 11 is 11.7. The maximum atomic E-state index is 11.4. The Hall–Kier alpha value is -1.46. The van der Waals surface area contributed by atoms with Gasteiger partial charge >= 0.3 is 5.97 Å². The lowest BCUT2D eigenvalue weighted by Gasteiger charge is -2.27. The predicted molar refractivity (Wildman–Crippen MR) is 73.5 cm³/mol. The Morgan fingerprint density at radius 1 is 1.53 bits per heavy atom. The van der Waals surface area contributed by atoms with Crippen LogP contribution in [0.2, 0.25) is 10.0 Å². The number of hydrogen-bond acceptors (Lipinski definition) is 3. The van der Waals surface area contributed by atoms with Crippen LogP contribution in [0.25, 0.3) is 10.4 Å². The van der Waals surface area contributed by atoms with Gasteiger partial charge in [-0.3, -0.25) is 5.32 Å². The summed E-state index contributed by atoms with van der Waals surface area (Å²) in [5, 5.41) is 16.2. The van der Waals surface area contributed by atoms with Crippen LogP contribution in [0.3, 0.4) is 0 Å². The van der Waals surface area contributed by atoms with E-state index < -0.39 is 11.5 Å². The number of nitrogens with zero attached hydrogens (tertiary/aromatic N) is 3. The maximum Gasteiger partial charge on any atom is 0.328 e. The highest BCUT2D eigenvalue weighted by Crippen LogP contribution is 2.28. The molecule has 1 rings (SSSR count). The minimum absolute atomic E-state index is 0.153. The van der Waals surface area contributed by atoms with E-state index in [2.05, 4.69) is 15.3 Å².